The van der Waals surface area contributed by atoms with Crippen LogP contribution in [0.5, 0.6) is 0 Å². The smallest absolute Gasteiger partial charge is 0.276 e. The van der Waals surface area contributed by atoms with Crippen molar-refractivity contribution in [3.05, 3.63) is 52.1 Å². The largest absolute Gasteiger partial charge is 0.383 e. The number of anilines is 3. The van der Waals surface area contributed by atoms with Crippen LogP contribution in [-0.2, 0) is 0 Å². The van der Waals surface area contributed by atoms with Crippen LogP contribution < -0.4 is 11.1 Å². The summed E-state index contributed by atoms with van der Waals surface area (Å²) in [5, 5.41) is 22.3. The molecule has 1 aromatic carbocycles. The molecule has 0 spiro atoms. The molecule has 7 heteroatoms. The third-order valence-corrected chi connectivity index (χ3v) is 2.33. The second-order valence-electron chi connectivity index (χ2n) is 3.71. The molecular formula is C12H9N5O2. The number of aromatic nitrogens is 1. The fourth-order valence-electron chi connectivity index (χ4n) is 1.48. The van der Waals surface area contributed by atoms with Crippen LogP contribution >= 0.6 is 0 Å². The summed E-state index contributed by atoms with van der Waals surface area (Å²) in [6.45, 7) is 0. The van der Waals surface area contributed by atoms with Gasteiger partial charge in [-0.25, -0.2) is 4.98 Å². The number of nitrogens with two attached hydrogens (primary N) is 1. The van der Waals surface area contributed by atoms with Crippen molar-refractivity contribution in [1.29, 1.82) is 5.26 Å². The third-order valence-electron chi connectivity index (χ3n) is 2.33. The van der Waals surface area contributed by atoms with E-state index in [9.17, 15) is 10.1 Å². The van der Waals surface area contributed by atoms with E-state index in [0.717, 1.165) is 0 Å². The Morgan fingerprint density at radius 1 is 1.32 bits per heavy atom. The van der Waals surface area contributed by atoms with Gasteiger partial charge in [0.1, 0.15) is 11.6 Å². The van der Waals surface area contributed by atoms with Crippen molar-refractivity contribution < 1.29 is 4.92 Å². The maximum Gasteiger partial charge on any atom is 0.276 e. The predicted octanol–water partition coefficient (Wildman–Crippen LogP) is 2.19. The van der Waals surface area contributed by atoms with E-state index in [0.29, 0.717) is 11.3 Å². The Morgan fingerprint density at radius 3 is 2.58 bits per heavy atom. The lowest BCUT2D eigenvalue weighted by Gasteiger charge is -2.06. The monoisotopic (exact) mass is 255 g/mol. The third kappa shape index (κ3) is 2.95. The van der Waals surface area contributed by atoms with Crippen molar-refractivity contribution in [2.45, 2.75) is 0 Å². The molecular weight excluding hydrogens is 246 g/mol. The number of nitrogens with one attached hydrogen (secondary N) is 1. The lowest BCUT2D eigenvalue weighted by molar-refractivity contribution is -0.384. The number of nitrogen functional groups attached to an aromatic ring is 1. The van der Waals surface area contributed by atoms with E-state index in [1.807, 2.05) is 6.07 Å². The van der Waals surface area contributed by atoms with E-state index >= 15 is 0 Å². The summed E-state index contributed by atoms with van der Waals surface area (Å²) in [5.74, 6) is 0.335. The highest BCUT2D eigenvalue weighted by molar-refractivity contribution is 5.62. The second-order valence-corrected chi connectivity index (χ2v) is 3.71. The van der Waals surface area contributed by atoms with E-state index in [-0.39, 0.29) is 17.3 Å². The van der Waals surface area contributed by atoms with Crippen LogP contribution in [-0.4, -0.2) is 9.91 Å². The minimum absolute atomic E-state index is 0.0605. The van der Waals surface area contributed by atoms with Crippen LogP contribution in [0.15, 0.2) is 36.4 Å². The summed E-state index contributed by atoms with van der Waals surface area (Å²) in [6.07, 6.45) is 0. The number of nitriles is 1. The molecule has 0 atom stereocenters. The molecule has 94 valence electrons. The van der Waals surface area contributed by atoms with Gasteiger partial charge in [0, 0.05) is 5.69 Å². The zero-order valence-corrected chi connectivity index (χ0v) is 9.70. The molecule has 0 amide bonds. The summed E-state index contributed by atoms with van der Waals surface area (Å²) in [6, 6.07) is 11.1. The van der Waals surface area contributed by atoms with Gasteiger partial charge in [-0.05, 0) is 24.3 Å². The number of nitrogens with zero attached hydrogens (tertiary/aromatic N) is 3. The van der Waals surface area contributed by atoms with Crippen LogP contribution in [0.3, 0.4) is 0 Å². The van der Waals surface area contributed by atoms with E-state index in [1.54, 1.807) is 24.3 Å². The summed E-state index contributed by atoms with van der Waals surface area (Å²) >= 11 is 0. The van der Waals surface area contributed by atoms with Crippen molar-refractivity contribution in [1.82, 2.24) is 4.98 Å². The summed E-state index contributed by atoms with van der Waals surface area (Å²) in [4.78, 5) is 14.1. The molecule has 19 heavy (non-hydrogen) atoms. The van der Waals surface area contributed by atoms with Gasteiger partial charge in [-0.1, -0.05) is 0 Å². The molecule has 0 saturated heterocycles. The van der Waals surface area contributed by atoms with Crippen molar-refractivity contribution in [3.8, 4) is 6.07 Å². The molecule has 2 rings (SSSR count). The van der Waals surface area contributed by atoms with Crippen LogP contribution in [0.4, 0.5) is 23.0 Å². The fraction of sp³-hybridized carbons (Fsp3) is 0. The SMILES string of the molecule is N#Cc1ccc(Nc2cc([N+](=O)[O-])cc(N)n2)cc1. The topological polar surface area (TPSA) is 118 Å². The van der Waals surface area contributed by atoms with E-state index in [1.165, 1.54) is 12.1 Å². The second kappa shape index (κ2) is 5.01. The Kier molecular flexibility index (Phi) is 3.25. The number of hydrogen-bond donors (Lipinski definition) is 2. The first-order valence-electron chi connectivity index (χ1n) is 5.27. The lowest BCUT2D eigenvalue weighted by Crippen LogP contribution is -1.99. The number of pyridine rings is 1. The summed E-state index contributed by atoms with van der Waals surface area (Å²) < 4.78 is 0. The zero-order chi connectivity index (χ0) is 13.8. The van der Waals surface area contributed by atoms with Gasteiger partial charge in [0.05, 0.1) is 28.7 Å². The van der Waals surface area contributed by atoms with Crippen LogP contribution in [0, 0.1) is 21.4 Å². The van der Waals surface area contributed by atoms with Gasteiger partial charge < -0.3 is 11.1 Å². The van der Waals surface area contributed by atoms with Gasteiger partial charge in [-0.15, -0.1) is 0 Å². The van der Waals surface area contributed by atoms with Crippen molar-refractivity contribution >= 4 is 23.0 Å². The first kappa shape index (κ1) is 12.3. The van der Waals surface area contributed by atoms with Crippen LogP contribution in [0.2, 0.25) is 0 Å². The standard InChI is InChI=1S/C12H9N5O2/c13-7-8-1-3-9(4-2-8)15-12-6-10(17(18)19)5-11(14)16-12/h1-6H,(H3,14,15,16). The highest BCUT2D eigenvalue weighted by Gasteiger charge is 2.09. The minimum atomic E-state index is -0.540. The van der Waals surface area contributed by atoms with E-state index in [2.05, 4.69) is 10.3 Å². The van der Waals surface area contributed by atoms with Gasteiger partial charge in [0.25, 0.3) is 5.69 Å². The molecule has 0 unspecified atom stereocenters. The average molecular weight is 255 g/mol. The Balaban J connectivity index is 2.27. The molecule has 0 saturated carbocycles. The highest BCUT2D eigenvalue weighted by Crippen LogP contribution is 2.22. The summed E-state index contributed by atoms with van der Waals surface area (Å²) in [7, 11) is 0. The Hall–Kier alpha value is -3.14. The maximum atomic E-state index is 10.7. The zero-order valence-electron chi connectivity index (χ0n) is 9.70. The Morgan fingerprint density at radius 2 is 2.00 bits per heavy atom. The molecule has 0 aliphatic carbocycles. The molecule has 7 nitrogen and oxygen atoms in total. The molecule has 0 radical (unpaired) electrons. The number of hydrogen-bond acceptors (Lipinski definition) is 6. The fourth-order valence-corrected chi connectivity index (χ4v) is 1.48. The lowest BCUT2D eigenvalue weighted by atomic mass is 10.2. The Labute approximate surface area is 108 Å². The van der Waals surface area contributed by atoms with Gasteiger partial charge in [-0.3, -0.25) is 10.1 Å². The van der Waals surface area contributed by atoms with Crippen molar-refractivity contribution in [2.24, 2.45) is 0 Å². The van der Waals surface area contributed by atoms with Gasteiger partial charge in [-0.2, -0.15) is 5.26 Å². The highest BCUT2D eigenvalue weighted by atomic mass is 16.6. The summed E-state index contributed by atoms with van der Waals surface area (Å²) in [5.41, 5.74) is 6.55. The molecule has 3 N–H and O–H groups in total. The molecule has 0 bridgehead atoms. The normalized spacial score (nSPS) is 9.63. The van der Waals surface area contributed by atoms with E-state index in [4.69, 9.17) is 11.0 Å². The van der Waals surface area contributed by atoms with Crippen LogP contribution in [0.25, 0.3) is 0 Å². The van der Waals surface area contributed by atoms with Gasteiger partial charge in [0.2, 0.25) is 0 Å². The van der Waals surface area contributed by atoms with Crippen molar-refractivity contribution in [2.75, 3.05) is 11.1 Å². The average Bonchev–Trinajstić information content (AvgIpc) is 2.39. The maximum absolute atomic E-state index is 10.7. The number of benzene rings is 1. The molecule has 2 aromatic rings. The van der Waals surface area contributed by atoms with Crippen LogP contribution in [0.1, 0.15) is 5.56 Å². The van der Waals surface area contributed by atoms with Crippen molar-refractivity contribution in [3.63, 3.8) is 0 Å². The molecule has 0 aliphatic rings. The Bertz CT molecular complexity index is 661. The first-order valence-corrected chi connectivity index (χ1v) is 5.27. The van der Waals surface area contributed by atoms with Gasteiger partial charge >= 0.3 is 0 Å². The number of rotatable bonds is 3. The first-order chi connectivity index (χ1) is 9.08. The minimum Gasteiger partial charge on any atom is -0.383 e. The quantitative estimate of drug-likeness (QED) is 0.641. The van der Waals surface area contributed by atoms with E-state index < -0.39 is 4.92 Å². The molecule has 0 fully saturated rings. The molecule has 0 aliphatic heterocycles. The molecule has 1 aromatic heterocycles. The number of nitro groups is 1. The predicted molar refractivity (Wildman–Crippen MR) is 69.7 cm³/mol. The molecule has 1 heterocycles. The van der Waals surface area contributed by atoms with Gasteiger partial charge in [0.15, 0.2) is 0 Å².